The number of hydrogen-bond acceptors (Lipinski definition) is 1. The first-order valence-corrected chi connectivity index (χ1v) is 13.8. The van der Waals surface area contributed by atoms with E-state index in [0.29, 0.717) is 15.5 Å². The van der Waals surface area contributed by atoms with E-state index in [0.717, 1.165) is 48.2 Å². The third kappa shape index (κ3) is 9.90. The highest BCUT2D eigenvalue weighted by Gasteiger charge is 2.37. The Bertz CT molecular complexity index is 202. The van der Waals surface area contributed by atoms with Crippen molar-refractivity contribution in [2.24, 2.45) is 0 Å². The first-order chi connectivity index (χ1) is 9.03. The second-order valence-electron chi connectivity index (χ2n) is 4.61. The Labute approximate surface area is 157 Å². The molecule has 0 saturated heterocycles. The predicted octanol–water partition coefficient (Wildman–Crippen LogP) is 6.30. The summed E-state index contributed by atoms with van der Waals surface area (Å²) < 4.78 is 6.27. The van der Waals surface area contributed by atoms with E-state index in [-0.39, 0.29) is 0 Å². The molecule has 7 heteroatoms. The van der Waals surface area contributed by atoms with Crippen LogP contribution >= 0.6 is 75.3 Å². The normalized spacial score (nSPS) is 18.0. The van der Waals surface area contributed by atoms with E-state index < -0.39 is 8.32 Å². The molecule has 0 radical (unpaired) electrons. The molecule has 2 atom stereocenters. The van der Waals surface area contributed by atoms with Crippen molar-refractivity contribution in [2.75, 3.05) is 23.1 Å². The van der Waals surface area contributed by atoms with Gasteiger partial charge >= 0.3 is 0 Å². The van der Waals surface area contributed by atoms with Crippen LogP contribution in [0.5, 0.6) is 0 Å². The molecule has 0 saturated carbocycles. The highest BCUT2D eigenvalue weighted by molar-refractivity contribution is 9.10. The molecule has 0 aromatic carbocycles. The zero-order chi connectivity index (χ0) is 14.7. The lowest BCUT2D eigenvalue weighted by Gasteiger charge is -2.34. The zero-order valence-corrected chi connectivity index (χ0v) is 19.4. The summed E-state index contributed by atoms with van der Waals surface area (Å²) in [6.07, 6.45) is 2.27. The van der Waals surface area contributed by atoms with Crippen LogP contribution in [0, 0.1) is 0 Å². The minimum atomic E-state index is -1.76. The molecule has 0 aliphatic rings. The Morgan fingerprint density at radius 3 is 1.84 bits per heavy atom. The zero-order valence-electron chi connectivity index (χ0n) is 11.3. The van der Waals surface area contributed by atoms with E-state index in [9.17, 15) is 0 Å². The molecule has 0 rings (SSSR count). The van der Waals surface area contributed by atoms with E-state index >= 15 is 0 Å². The van der Waals surface area contributed by atoms with Crippen LogP contribution in [0.3, 0.4) is 0 Å². The molecule has 0 N–H and O–H groups in total. The number of alkyl halides is 5. The fourth-order valence-corrected chi connectivity index (χ4v) is 13.5. The Balaban J connectivity index is 4.73. The fourth-order valence-electron chi connectivity index (χ4n) is 2.20. The topological polar surface area (TPSA) is 9.23 Å². The maximum absolute atomic E-state index is 6.27. The number of halogens is 5. The molecule has 0 aliphatic carbocycles. The Morgan fingerprint density at radius 2 is 1.53 bits per heavy atom. The van der Waals surface area contributed by atoms with Gasteiger partial charge in [0.1, 0.15) is 0 Å². The van der Waals surface area contributed by atoms with Crippen LogP contribution in [0.4, 0.5) is 0 Å². The van der Waals surface area contributed by atoms with Gasteiger partial charge in [-0.1, -0.05) is 63.7 Å². The average Bonchev–Trinajstić information content (AvgIpc) is 2.29. The van der Waals surface area contributed by atoms with Crippen LogP contribution < -0.4 is 0 Å². The summed E-state index contributed by atoms with van der Waals surface area (Å²) in [5, 5.41) is 2.05. The van der Waals surface area contributed by atoms with Crippen molar-refractivity contribution in [3.8, 4) is 0 Å². The molecule has 19 heavy (non-hydrogen) atoms. The maximum Gasteiger partial charge on any atom is 0.196 e. The summed E-state index contributed by atoms with van der Waals surface area (Å²) in [5.74, 6) is 0.703. The largest absolute Gasteiger partial charge is 0.417 e. The smallest absolute Gasteiger partial charge is 0.196 e. The van der Waals surface area contributed by atoms with E-state index in [4.69, 9.17) is 16.0 Å². The molecule has 0 aliphatic heterocycles. The lowest BCUT2D eigenvalue weighted by Crippen LogP contribution is -2.43. The van der Waals surface area contributed by atoms with Gasteiger partial charge in [0.25, 0.3) is 0 Å². The van der Waals surface area contributed by atoms with Gasteiger partial charge in [-0.25, -0.2) is 0 Å². The van der Waals surface area contributed by atoms with Gasteiger partial charge in [0.2, 0.25) is 0 Å². The lowest BCUT2D eigenvalue weighted by atomic mass is 10.4. The van der Waals surface area contributed by atoms with Crippen LogP contribution in [0.1, 0.15) is 19.8 Å². The van der Waals surface area contributed by atoms with Gasteiger partial charge in [0.15, 0.2) is 8.32 Å². The van der Waals surface area contributed by atoms with Crippen molar-refractivity contribution in [1.82, 2.24) is 0 Å². The van der Waals surface area contributed by atoms with Crippen LogP contribution in [0.25, 0.3) is 0 Å². The first kappa shape index (κ1) is 21.4. The summed E-state index contributed by atoms with van der Waals surface area (Å²) in [7, 11) is -1.76. The van der Waals surface area contributed by atoms with E-state index in [1.165, 1.54) is 0 Å². The van der Waals surface area contributed by atoms with Gasteiger partial charge < -0.3 is 4.43 Å². The molecule has 2 unspecified atom stereocenters. The van der Waals surface area contributed by atoms with Crippen LogP contribution in [-0.4, -0.2) is 41.1 Å². The molecule has 1 nitrogen and oxygen atoms in total. The van der Waals surface area contributed by atoms with E-state index in [1.807, 2.05) is 0 Å². The predicted molar refractivity (Wildman–Crippen MR) is 105 cm³/mol. The standard InChI is InChI=1S/C12H23Br4ClOSi/c1-2-18-19(8-7-17,9-11(15)3-5-13)10-12(16)4-6-14/h11-12H,2-10H2,1H3. The van der Waals surface area contributed by atoms with Crippen LogP contribution in [-0.2, 0) is 4.43 Å². The van der Waals surface area contributed by atoms with Gasteiger partial charge in [-0.05, 0) is 37.9 Å². The summed E-state index contributed by atoms with van der Waals surface area (Å²) in [4.78, 5) is 1.05. The van der Waals surface area contributed by atoms with E-state index in [2.05, 4.69) is 70.6 Å². The van der Waals surface area contributed by atoms with Gasteiger partial charge in [-0.2, -0.15) is 0 Å². The molecular formula is C12H23Br4ClOSi. The lowest BCUT2D eigenvalue weighted by molar-refractivity contribution is 0.318. The minimum Gasteiger partial charge on any atom is -0.417 e. The Kier molecular flexibility index (Phi) is 14.5. The molecule has 0 fully saturated rings. The summed E-state index contributed by atoms with van der Waals surface area (Å²) in [6.45, 7) is 2.89. The summed E-state index contributed by atoms with van der Waals surface area (Å²) in [5.41, 5.74) is 0. The quantitative estimate of drug-likeness (QED) is 0.199. The molecule has 0 spiro atoms. The molecule has 116 valence electrons. The van der Waals surface area contributed by atoms with Crippen molar-refractivity contribution < 1.29 is 4.43 Å². The fraction of sp³-hybridized carbons (Fsp3) is 1.00. The SMILES string of the molecule is CCO[Si](CCCl)(CC(Br)CCBr)CC(Br)CCBr. The van der Waals surface area contributed by atoms with Gasteiger partial charge in [-0.3, -0.25) is 0 Å². The van der Waals surface area contributed by atoms with Gasteiger partial charge in [0, 0.05) is 32.8 Å². The first-order valence-electron chi connectivity index (χ1n) is 6.63. The van der Waals surface area contributed by atoms with Crippen LogP contribution in [0.2, 0.25) is 18.1 Å². The second-order valence-corrected chi connectivity index (χ2v) is 13.1. The third-order valence-electron chi connectivity index (χ3n) is 3.03. The molecule has 0 bridgehead atoms. The van der Waals surface area contributed by atoms with Crippen molar-refractivity contribution in [3.05, 3.63) is 0 Å². The minimum absolute atomic E-state index is 0.525. The van der Waals surface area contributed by atoms with Gasteiger partial charge in [0.05, 0.1) is 0 Å². The molecular weight excluding hydrogens is 543 g/mol. The number of rotatable bonds is 12. The van der Waals surface area contributed by atoms with Gasteiger partial charge in [-0.15, -0.1) is 11.6 Å². The molecule has 0 amide bonds. The second kappa shape index (κ2) is 12.9. The Hall–Kier alpha value is 2.39. The van der Waals surface area contributed by atoms with Crippen LogP contribution in [0.15, 0.2) is 0 Å². The molecule has 0 heterocycles. The van der Waals surface area contributed by atoms with E-state index in [1.54, 1.807) is 0 Å². The molecule has 0 aromatic heterocycles. The average molecular weight is 566 g/mol. The third-order valence-corrected chi connectivity index (χ3v) is 11.7. The number of hydrogen-bond donors (Lipinski definition) is 0. The Morgan fingerprint density at radius 1 is 1.05 bits per heavy atom. The highest BCUT2D eigenvalue weighted by atomic mass is 79.9. The molecule has 0 aromatic rings. The van der Waals surface area contributed by atoms with Crippen molar-refractivity contribution in [1.29, 1.82) is 0 Å². The summed E-state index contributed by atoms with van der Waals surface area (Å²) in [6, 6.07) is 3.32. The maximum atomic E-state index is 6.27. The van der Waals surface area contributed by atoms with Crippen molar-refractivity contribution in [3.63, 3.8) is 0 Å². The van der Waals surface area contributed by atoms with Crippen molar-refractivity contribution in [2.45, 2.75) is 47.6 Å². The monoisotopic (exact) mass is 562 g/mol. The highest BCUT2D eigenvalue weighted by Crippen LogP contribution is 2.33. The summed E-state index contributed by atoms with van der Waals surface area (Å²) >= 11 is 20.7. The van der Waals surface area contributed by atoms with Crippen molar-refractivity contribution >= 4 is 83.6 Å².